The number of aromatic nitrogens is 4. The van der Waals surface area contributed by atoms with Crippen molar-refractivity contribution in [3.8, 4) is 23.0 Å². The maximum Gasteiger partial charge on any atom is 3.00 e. The molecule has 8 rings (SSSR count). The normalized spacial score (nSPS) is 9.75. The number of aromatic carboxylic acids is 2. The molecule has 17 heteroatoms. The van der Waals surface area contributed by atoms with Gasteiger partial charge in [-0.1, -0.05) is 60.7 Å². The van der Waals surface area contributed by atoms with E-state index in [2.05, 4.69) is 68.5 Å². The molecule has 4 heterocycles. The number of phenols is 4. The van der Waals surface area contributed by atoms with Crippen LogP contribution in [0.5, 0.6) is 23.0 Å². The SMILES string of the molecule is O=C([O-])c1c(O)cccc1O.O=C([O-])c1c(O)cccc1O.O=[N+]([O-])[O-].[Sm+3].c1cnc2c(c1)ccc1cccnc12.c1cnc2c(c1)ccc1cccnc12. The minimum atomic E-state index is -1.75. The van der Waals surface area contributed by atoms with Crippen LogP contribution in [-0.2, 0) is 0 Å². The van der Waals surface area contributed by atoms with Gasteiger partial charge in [0.1, 0.15) is 23.0 Å². The molecule has 16 nitrogen and oxygen atoms in total. The molecule has 1 radical (unpaired) electrons. The fourth-order valence-electron chi connectivity index (χ4n) is 4.83. The van der Waals surface area contributed by atoms with Crippen LogP contribution in [0.15, 0.2) is 134 Å². The first-order chi connectivity index (χ1) is 25.9. The maximum atomic E-state index is 10.2. The van der Waals surface area contributed by atoms with Gasteiger partial charge in [-0.15, -0.1) is 0 Å². The molecule has 0 fully saturated rings. The first kappa shape index (κ1) is 42.6. The van der Waals surface area contributed by atoms with Gasteiger partial charge in [0.25, 0.3) is 0 Å². The van der Waals surface area contributed by atoms with Gasteiger partial charge in [0.15, 0.2) is 0 Å². The Morgan fingerprint density at radius 1 is 0.436 bits per heavy atom. The Balaban J connectivity index is 0.000000191. The number of carbonyl (C=O) groups is 2. The molecule has 0 spiro atoms. The first-order valence-electron chi connectivity index (χ1n) is 15.3. The Morgan fingerprint density at radius 2 is 0.655 bits per heavy atom. The third-order valence-corrected chi connectivity index (χ3v) is 7.14. The molecule has 0 saturated heterocycles. The summed E-state index contributed by atoms with van der Waals surface area (Å²) in [7, 11) is 0. The van der Waals surface area contributed by atoms with Crippen molar-refractivity contribution < 1.29 is 85.7 Å². The van der Waals surface area contributed by atoms with Gasteiger partial charge < -0.3 is 55.5 Å². The number of pyridine rings is 4. The number of fused-ring (bicyclic) bond motifs is 6. The maximum absolute atomic E-state index is 10.2. The van der Waals surface area contributed by atoms with Crippen LogP contribution in [0, 0.1) is 55.7 Å². The van der Waals surface area contributed by atoms with Gasteiger partial charge in [0, 0.05) is 46.3 Å². The molecular formula is C38H26N5O11Sm. The Bertz CT molecular complexity index is 2270. The summed E-state index contributed by atoms with van der Waals surface area (Å²) in [4.78, 5) is 46.1. The van der Waals surface area contributed by atoms with Crippen molar-refractivity contribution in [3.63, 3.8) is 0 Å². The number of hydrogen-bond donors (Lipinski definition) is 4. The fourth-order valence-corrected chi connectivity index (χ4v) is 4.83. The summed E-state index contributed by atoms with van der Waals surface area (Å²) in [6, 6.07) is 31.6. The monoisotopic (exact) mass is 880 g/mol. The van der Waals surface area contributed by atoms with Gasteiger partial charge >= 0.3 is 40.4 Å². The van der Waals surface area contributed by atoms with Crippen LogP contribution in [0.4, 0.5) is 0 Å². The molecule has 0 aliphatic heterocycles. The molecule has 0 aliphatic rings. The Labute approximate surface area is 342 Å². The average molecular weight is 879 g/mol. The van der Waals surface area contributed by atoms with Crippen molar-refractivity contribution in [2.75, 3.05) is 0 Å². The first-order valence-corrected chi connectivity index (χ1v) is 15.3. The summed E-state index contributed by atoms with van der Waals surface area (Å²) < 4.78 is 0. The van der Waals surface area contributed by atoms with Crippen molar-refractivity contribution in [2.45, 2.75) is 0 Å². The number of benzene rings is 4. The number of rotatable bonds is 2. The molecule has 4 aromatic heterocycles. The molecule has 8 aromatic rings. The van der Waals surface area contributed by atoms with Crippen LogP contribution in [0.2, 0.25) is 0 Å². The van der Waals surface area contributed by atoms with Crippen molar-refractivity contribution in [1.29, 1.82) is 0 Å². The van der Waals surface area contributed by atoms with E-state index >= 15 is 0 Å². The van der Waals surface area contributed by atoms with Crippen LogP contribution >= 0.6 is 0 Å². The molecule has 0 saturated carbocycles. The zero-order valence-corrected chi connectivity index (χ0v) is 30.6. The van der Waals surface area contributed by atoms with Crippen LogP contribution in [0.1, 0.15) is 20.7 Å². The summed E-state index contributed by atoms with van der Waals surface area (Å²) >= 11 is 0. The summed E-state index contributed by atoms with van der Waals surface area (Å²) in [5, 5.41) is 75.2. The number of carboxylic acids is 2. The molecule has 0 bridgehead atoms. The van der Waals surface area contributed by atoms with E-state index < -0.39 is 51.2 Å². The van der Waals surface area contributed by atoms with E-state index in [9.17, 15) is 19.8 Å². The predicted octanol–water partition coefficient (Wildman–Crippen LogP) is 4.25. The molecule has 0 atom stereocenters. The second-order valence-electron chi connectivity index (χ2n) is 10.6. The minimum Gasteiger partial charge on any atom is -0.545 e. The van der Waals surface area contributed by atoms with E-state index in [4.69, 9.17) is 35.7 Å². The van der Waals surface area contributed by atoms with Crippen molar-refractivity contribution in [3.05, 3.63) is 160 Å². The quantitative estimate of drug-likeness (QED) is 0.107. The van der Waals surface area contributed by atoms with Crippen LogP contribution in [0.3, 0.4) is 0 Å². The van der Waals surface area contributed by atoms with Crippen LogP contribution in [0.25, 0.3) is 43.6 Å². The smallest absolute Gasteiger partial charge is 0.545 e. The summed E-state index contributed by atoms with van der Waals surface area (Å²) in [5.41, 5.74) is 2.76. The molecule has 4 N–H and O–H groups in total. The zero-order chi connectivity index (χ0) is 39.2. The molecular weight excluding hydrogens is 853 g/mol. The third-order valence-electron chi connectivity index (χ3n) is 7.14. The standard InChI is InChI=1S/2C12H8N2.2C7H6O4.NO3.Sm/c2*1-3-9-5-6-10-4-2-8-14-12(10)11(9)13-7-1;2*8-4-2-1-3-5(9)6(4)7(10)11;2-1(3)4;/h2*1-8H;2*1-3,8-9H,(H,10,11);;/q;;;;-1;+3/p-2. The van der Waals surface area contributed by atoms with Gasteiger partial charge in [-0.2, -0.15) is 0 Å². The van der Waals surface area contributed by atoms with Gasteiger partial charge in [-0.25, -0.2) is 0 Å². The molecule has 4 aromatic carbocycles. The predicted molar refractivity (Wildman–Crippen MR) is 193 cm³/mol. The molecule has 275 valence electrons. The number of aromatic hydroxyl groups is 4. The number of carbonyl (C=O) groups excluding carboxylic acids is 2. The third kappa shape index (κ3) is 11.6. The summed E-state index contributed by atoms with van der Waals surface area (Å²) in [5.74, 6) is -5.17. The Kier molecular flexibility index (Phi) is 15.8. The number of nitrogens with zero attached hydrogens (tertiary/aromatic N) is 5. The topological polar surface area (TPSA) is 279 Å². The van der Waals surface area contributed by atoms with Crippen LogP contribution < -0.4 is 10.2 Å². The molecule has 55 heavy (non-hydrogen) atoms. The summed E-state index contributed by atoms with van der Waals surface area (Å²) in [6.07, 6.45) is 7.21. The van der Waals surface area contributed by atoms with Gasteiger partial charge in [-0.3, -0.25) is 19.9 Å². The average Bonchev–Trinajstić information content (AvgIpc) is 3.15. The molecule has 0 unspecified atom stereocenters. The van der Waals surface area contributed by atoms with Gasteiger partial charge in [-0.05, 0) is 48.5 Å². The van der Waals surface area contributed by atoms with E-state index in [0.29, 0.717) is 0 Å². The van der Waals surface area contributed by atoms with Crippen molar-refractivity contribution in [2.24, 2.45) is 0 Å². The second-order valence-corrected chi connectivity index (χ2v) is 10.6. The Morgan fingerprint density at radius 3 is 0.836 bits per heavy atom. The van der Waals surface area contributed by atoms with E-state index in [0.717, 1.165) is 67.9 Å². The van der Waals surface area contributed by atoms with Crippen LogP contribution in [-0.4, -0.2) is 57.4 Å². The second kappa shape index (κ2) is 20.4. The van der Waals surface area contributed by atoms with Crippen molar-refractivity contribution >= 4 is 55.6 Å². The van der Waals surface area contributed by atoms with E-state index in [1.807, 2.05) is 24.3 Å². The summed E-state index contributed by atoms with van der Waals surface area (Å²) in [6.45, 7) is 0. The van der Waals surface area contributed by atoms with Gasteiger partial charge in [0.2, 0.25) is 0 Å². The minimum absolute atomic E-state index is 0. The zero-order valence-electron chi connectivity index (χ0n) is 28.0. The largest absolute Gasteiger partial charge is 3.00 e. The molecule has 0 amide bonds. The fraction of sp³-hybridized carbons (Fsp3) is 0. The van der Waals surface area contributed by atoms with E-state index in [1.165, 1.54) is 12.1 Å². The van der Waals surface area contributed by atoms with Crippen molar-refractivity contribution in [1.82, 2.24) is 19.9 Å². The van der Waals surface area contributed by atoms with E-state index in [1.54, 1.807) is 24.8 Å². The van der Waals surface area contributed by atoms with Gasteiger partial charge in [0.05, 0.1) is 50.2 Å². The number of hydrogen-bond acceptors (Lipinski definition) is 15. The number of carboxylic acid groups (broad SMARTS) is 2. The Hall–Kier alpha value is -6.80. The molecule has 0 aliphatic carbocycles. The van der Waals surface area contributed by atoms with E-state index in [-0.39, 0.29) is 40.4 Å².